The van der Waals surface area contributed by atoms with Crippen LogP contribution in [0.25, 0.3) is 0 Å². The van der Waals surface area contributed by atoms with Gasteiger partial charge in [-0.3, -0.25) is 0 Å². The van der Waals surface area contributed by atoms with E-state index in [0.29, 0.717) is 31.5 Å². The Morgan fingerprint density at radius 3 is 2.54 bits per heavy atom. The predicted octanol–water partition coefficient (Wildman–Crippen LogP) is 2.89. The van der Waals surface area contributed by atoms with Crippen molar-refractivity contribution < 1.29 is 18.3 Å². The first kappa shape index (κ1) is 17.0. The minimum Gasteiger partial charge on any atom is -0.385 e. The van der Waals surface area contributed by atoms with Crippen molar-refractivity contribution in [1.29, 1.82) is 0 Å². The fraction of sp³-hybridized carbons (Fsp3) is 0.471. The van der Waals surface area contributed by atoms with Crippen LogP contribution in [-0.2, 0) is 18.3 Å². The number of rotatable bonds is 4. The van der Waals surface area contributed by atoms with Crippen LogP contribution in [0.3, 0.4) is 0 Å². The molecule has 1 aliphatic heterocycles. The van der Waals surface area contributed by atoms with Crippen LogP contribution in [-0.4, -0.2) is 39.2 Å². The van der Waals surface area contributed by atoms with Gasteiger partial charge in [-0.05, 0) is 30.5 Å². The standard InChI is InChI=1S/C17H20F3N3O/c18-17(19,20)15-3-1-2-14(12-15)16(24)4-7-22(8-5-16)10-11-23-9-6-21-13-23/h1-3,6,9,12-13,24H,4-5,7-8,10-11H2. The number of imidazole rings is 1. The van der Waals surface area contributed by atoms with Gasteiger partial charge in [0.25, 0.3) is 0 Å². The van der Waals surface area contributed by atoms with Crippen molar-refractivity contribution in [3.63, 3.8) is 0 Å². The van der Waals surface area contributed by atoms with E-state index in [2.05, 4.69) is 9.88 Å². The molecule has 4 nitrogen and oxygen atoms in total. The first-order chi connectivity index (χ1) is 11.4. The Labute approximate surface area is 138 Å². The average Bonchev–Trinajstić information content (AvgIpc) is 3.07. The largest absolute Gasteiger partial charge is 0.416 e. The number of alkyl halides is 3. The molecule has 1 aliphatic rings. The number of nitrogens with zero attached hydrogens (tertiary/aromatic N) is 3. The number of aromatic nitrogens is 2. The van der Waals surface area contributed by atoms with Crippen molar-refractivity contribution in [3.8, 4) is 0 Å². The predicted molar refractivity (Wildman–Crippen MR) is 83.2 cm³/mol. The zero-order valence-corrected chi connectivity index (χ0v) is 13.2. The van der Waals surface area contributed by atoms with Gasteiger partial charge in [0.05, 0.1) is 17.5 Å². The molecular formula is C17H20F3N3O. The molecule has 1 aromatic heterocycles. The average molecular weight is 339 g/mol. The fourth-order valence-corrected chi connectivity index (χ4v) is 3.10. The highest BCUT2D eigenvalue weighted by molar-refractivity contribution is 5.30. The molecule has 1 N–H and O–H groups in total. The molecule has 2 aromatic rings. The van der Waals surface area contributed by atoms with Gasteiger partial charge in [-0.25, -0.2) is 4.98 Å². The lowest BCUT2D eigenvalue weighted by Gasteiger charge is -2.38. The minimum absolute atomic E-state index is 0.353. The molecule has 1 aromatic carbocycles. The molecule has 24 heavy (non-hydrogen) atoms. The van der Waals surface area contributed by atoms with Crippen molar-refractivity contribution in [2.75, 3.05) is 19.6 Å². The number of hydrogen-bond donors (Lipinski definition) is 1. The molecule has 0 unspecified atom stereocenters. The third-order valence-electron chi connectivity index (χ3n) is 4.64. The Hall–Kier alpha value is -1.86. The van der Waals surface area contributed by atoms with E-state index in [-0.39, 0.29) is 0 Å². The van der Waals surface area contributed by atoms with Gasteiger partial charge in [-0.15, -0.1) is 0 Å². The van der Waals surface area contributed by atoms with Gasteiger partial charge >= 0.3 is 6.18 Å². The van der Waals surface area contributed by atoms with Crippen molar-refractivity contribution in [2.24, 2.45) is 0 Å². The maximum absolute atomic E-state index is 12.9. The van der Waals surface area contributed by atoms with E-state index in [0.717, 1.165) is 25.2 Å². The monoisotopic (exact) mass is 339 g/mol. The summed E-state index contributed by atoms with van der Waals surface area (Å²) in [6, 6.07) is 5.05. The maximum Gasteiger partial charge on any atom is 0.416 e. The maximum atomic E-state index is 12.9. The summed E-state index contributed by atoms with van der Waals surface area (Å²) in [5, 5.41) is 10.8. The third-order valence-corrected chi connectivity index (χ3v) is 4.64. The zero-order valence-electron chi connectivity index (χ0n) is 13.2. The van der Waals surface area contributed by atoms with E-state index >= 15 is 0 Å². The third kappa shape index (κ3) is 3.79. The lowest BCUT2D eigenvalue weighted by Crippen LogP contribution is -2.43. The number of likely N-dealkylation sites (tertiary alicyclic amines) is 1. The second-order valence-electron chi connectivity index (χ2n) is 6.25. The van der Waals surface area contributed by atoms with Crippen LogP contribution < -0.4 is 0 Å². The quantitative estimate of drug-likeness (QED) is 0.931. The zero-order chi connectivity index (χ0) is 17.2. The first-order valence-corrected chi connectivity index (χ1v) is 7.95. The van der Waals surface area contributed by atoms with Gasteiger partial charge in [-0.2, -0.15) is 13.2 Å². The lowest BCUT2D eigenvalue weighted by molar-refractivity contribution is -0.137. The highest BCUT2D eigenvalue weighted by atomic mass is 19.4. The molecule has 3 rings (SSSR count). The van der Waals surface area contributed by atoms with Crippen LogP contribution in [0, 0.1) is 0 Å². The Bertz CT molecular complexity index is 662. The van der Waals surface area contributed by atoms with Gasteiger partial charge in [-0.1, -0.05) is 12.1 Å². The Morgan fingerprint density at radius 1 is 1.17 bits per heavy atom. The van der Waals surface area contributed by atoms with Crippen molar-refractivity contribution in [2.45, 2.75) is 31.2 Å². The molecule has 0 bridgehead atoms. The highest BCUT2D eigenvalue weighted by Gasteiger charge is 2.36. The van der Waals surface area contributed by atoms with Crippen LogP contribution in [0.1, 0.15) is 24.0 Å². The molecule has 1 saturated heterocycles. The number of benzene rings is 1. The highest BCUT2D eigenvalue weighted by Crippen LogP contribution is 2.36. The van der Waals surface area contributed by atoms with Crippen LogP contribution in [0.4, 0.5) is 13.2 Å². The summed E-state index contributed by atoms with van der Waals surface area (Å²) in [5.74, 6) is 0. The molecule has 7 heteroatoms. The molecule has 0 amide bonds. The summed E-state index contributed by atoms with van der Waals surface area (Å²) in [6.45, 7) is 2.94. The molecule has 0 spiro atoms. The van der Waals surface area contributed by atoms with Gasteiger partial charge in [0.1, 0.15) is 0 Å². The van der Waals surface area contributed by atoms with Crippen molar-refractivity contribution in [1.82, 2.24) is 14.5 Å². The molecule has 130 valence electrons. The van der Waals surface area contributed by atoms with Gasteiger partial charge < -0.3 is 14.6 Å². The van der Waals surface area contributed by atoms with Crippen LogP contribution in [0.2, 0.25) is 0 Å². The molecule has 0 atom stereocenters. The number of hydrogen-bond acceptors (Lipinski definition) is 3. The van der Waals surface area contributed by atoms with Gasteiger partial charge in [0.2, 0.25) is 0 Å². The molecule has 2 heterocycles. The SMILES string of the molecule is OC1(c2cccc(C(F)(F)F)c2)CCN(CCn2ccnc2)CC1. The van der Waals surface area contributed by atoms with E-state index in [1.807, 2.05) is 10.8 Å². The molecule has 0 saturated carbocycles. The first-order valence-electron chi connectivity index (χ1n) is 7.95. The molecular weight excluding hydrogens is 319 g/mol. The second kappa shape index (κ2) is 6.57. The van der Waals surface area contributed by atoms with E-state index in [9.17, 15) is 18.3 Å². The van der Waals surface area contributed by atoms with Crippen LogP contribution >= 0.6 is 0 Å². The molecule has 0 aliphatic carbocycles. The van der Waals surface area contributed by atoms with Gasteiger partial charge in [0, 0.05) is 38.6 Å². The van der Waals surface area contributed by atoms with Crippen LogP contribution in [0.15, 0.2) is 43.0 Å². The summed E-state index contributed by atoms with van der Waals surface area (Å²) in [6.07, 6.45) is 1.84. The van der Waals surface area contributed by atoms with E-state index in [4.69, 9.17) is 0 Å². The fourth-order valence-electron chi connectivity index (χ4n) is 3.10. The Kier molecular flexibility index (Phi) is 4.64. The molecule has 0 radical (unpaired) electrons. The Balaban J connectivity index is 1.62. The normalized spacial score (nSPS) is 18.7. The molecule has 1 fully saturated rings. The summed E-state index contributed by atoms with van der Waals surface area (Å²) in [5.41, 5.74) is -1.55. The second-order valence-corrected chi connectivity index (χ2v) is 6.25. The summed E-state index contributed by atoms with van der Waals surface area (Å²) in [7, 11) is 0. The van der Waals surface area contributed by atoms with Crippen LogP contribution in [0.5, 0.6) is 0 Å². The lowest BCUT2D eigenvalue weighted by atomic mass is 9.84. The smallest absolute Gasteiger partial charge is 0.385 e. The summed E-state index contributed by atoms with van der Waals surface area (Å²) < 4.78 is 40.6. The number of halogens is 3. The summed E-state index contributed by atoms with van der Waals surface area (Å²) >= 11 is 0. The van der Waals surface area contributed by atoms with Crippen molar-refractivity contribution in [3.05, 3.63) is 54.1 Å². The number of piperidine rings is 1. The van der Waals surface area contributed by atoms with E-state index < -0.39 is 17.3 Å². The van der Waals surface area contributed by atoms with Crippen molar-refractivity contribution >= 4 is 0 Å². The summed E-state index contributed by atoms with van der Waals surface area (Å²) in [4.78, 5) is 6.20. The Morgan fingerprint density at radius 2 is 1.92 bits per heavy atom. The van der Waals surface area contributed by atoms with E-state index in [1.165, 1.54) is 6.07 Å². The topological polar surface area (TPSA) is 41.3 Å². The minimum atomic E-state index is -4.39. The van der Waals surface area contributed by atoms with E-state index in [1.54, 1.807) is 18.6 Å². The van der Waals surface area contributed by atoms with Gasteiger partial charge in [0.15, 0.2) is 0 Å². The number of aliphatic hydroxyl groups is 1.